The number of hydrogen-bond acceptors (Lipinski definition) is 3. The Balaban J connectivity index is 2.09. The zero-order valence-corrected chi connectivity index (χ0v) is 11.1. The van der Waals surface area contributed by atoms with Crippen LogP contribution in [0.15, 0.2) is 18.2 Å². The van der Waals surface area contributed by atoms with Crippen molar-refractivity contribution in [3.8, 4) is 5.75 Å². The first-order valence-corrected chi connectivity index (χ1v) is 6.40. The third kappa shape index (κ3) is 1.68. The lowest BCUT2D eigenvalue weighted by Crippen LogP contribution is -2.40. The van der Waals surface area contributed by atoms with E-state index >= 15 is 0 Å². The number of halogens is 1. The number of anilines is 1. The minimum Gasteiger partial charge on any atom is -0.418 e. The van der Waals surface area contributed by atoms with Crippen LogP contribution in [0.3, 0.4) is 0 Å². The average molecular weight is 311 g/mol. The van der Waals surface area contributed by atoms with E-state index in [9.17, 15) is 9.59 Å². The Labute approximate surface area is 113 Å². The van der Waals surface area contributed by atoms with E-state index in [0.29, 0.717) is 23.5 Å². The maximum atomic E-state index is 12.4. The summed E-state index contributed by atoms with van der Waals surface area (Å²) in [6.45, 7) is 0.635. The Kier molecular flexibility index (Phi) is 2.74. The fourth-order valence-electron chi connectivity index (χ4n) is 2.51. The Hall–Kier alpha value is -1.56. The molecule has 0 aliphatic carbocycles. The molecule has 2 amide bonds. The number of nitrogens with zero attached hydrogens (tertiary/aromatic N) is 1. The summed E-state index contributed by atoms with van der Waals surface area (Å²) < 4.78 is 4.94. The number of fused-ring (bicyclic) bond motifs is 2. The standard InChI is InChI=1S/C12H11BrN2O3/c13-18-7-3-4-9-8(6-7)12(17)15-5-1-2-10(15)11(16)14-9/h3-4,6,10H,1-2,5H2,(H,14,16)/t10-/m0/s1. The van der Waals surface area contributed by atoms with Gasteiger partial charge in [0, 0.05) is 6.54 Å². The number of nitrogens with one attached hydrogen (secondary N) is 1. The summed E-state index contributed by atoms with van der Waals surface area (Å²) in [7, 11) is 0. The van der Waals surface area contributed by atoms with Gasteiger partial charge in [-0.05, 0) is 31.0 Å². The quantitative estimate of drug-likeness (QED) is 0.862. The highest BCUT2D eigenvalue weighted by Crippen LogP contribution is 2.31. The SMILES string of the molecule is O=C1Nc2ccc(OBr)cc2C(=O)N2CCC[C@@H]12. The van der Waals surface area contributed by atoms with E-state index in [2.05, 4.69) is 21.6 Å². The van der Waals surface area contributed by atoms with Gasteiger partial charge in [0.1, 0.15) is 11.8 Å². The van der Waals surface area contributed by atoms with Crippen LogP contribution in [0.4, 0.5) is 5.69 Å². The summed E-state index contributed by atoms with van der Waals surface area (Å²) in [5.41, 5.74) is 1.03. The second-order valence-corrected chi connectivity index (χ2v) is 4.75. The van der Waals surface area contributed by atoms with E-state index in [4.69, 9.17) is 3.83 Å². The Morgan fingerprint density at radius 3 is 3.00 bits per heavy atom. The van der Waals surface area contributed by atoms with Gasteiger partial charge >= 0.3 is 0 Å². The van der Waals surface area contributed by atoms with Crippen LogP contribution in [-0.4, -0.2) is 29.3 Å². The molecule has 1 aromatic rings. The van der Waals surface area contributed by atoms with Crippen molar-refractivity contribution in [3.63, 3.8) is 0 Å². The second kappa shape index (κ2) is 4.28. The number of benzene rings is 1. The number of carbonyl (C=O) groups excluding carboxylic acids is 2. The molecule has 2 aliphatic rings. The van der Waals surface area contributed by atoms with Gasteiger partial charge in [0.05, 0.1) is 11.3 Å². The Morgan fingerprint density at radius 2 is 2.22 bits per heavy atom. The van der Waals surface area contributed by atoms with Crippen LogP contribution in [-0.2, 0) is 4.79 Å². The van der Waals surface area contributed by atoms with Crippen LogP contribution in [0.5, 0.6) is 5.75 Å². The molecular formula is C12H11BrN2O3. The van der Waals surface area contributed by atoms with Crippen molar-refractivity contribution in [1.29, 1.82) is 0 Å². The molecule has 0 aromatic heterocycles. The highest BCUT2D eigenvalue weighted by Gasteiger charge is 2.38. The van der Waals surface area contributed by atoms with Crippen molar-refractivity contribution in [2.45, 2.75) is 18.9 Å². The van der Waals surface area contributed by atoms with Gasteiger partial charge < -0.3 is 14.0 Å². The van der Waals surface area contributed by atoms with Crippen LogP contribution in [0, 0.1) is 0 Å². The third-order valence-corrected chi connectivity index (χ3v) is 3.76. The monoisotopic (exact) mass is 310 g/mol. The van der Waals surface area contributed by atoms with Gasteiger partial charge in [-0.25, -0.2) is 0 Å². The van der Waals surface area contributed by atoms with Gasteiger partial charge in [0.2, 0.25) is 5.91 Å². The summed E-state index contributed by atoms with van der Waals surface area (Å²) in [5, 5.41) is 2.80. The number of hydrogen-bond donors (Lipinski definition) is 1. The number of carbonyl (C=O) groups is 2. The molecule has 3 rings (SSSR count). The normalized spacial score (nSPS) is 22.1. The molecule has 0 unspecified atom stereocenters. The van der Waals surface area contributed by atoms with Crippen LogP contribution in [0.25, 0.3) is 0 Å². The molecule has 1 fully saturated rings. The molecule has 5 nitrogen and oxygen atoms in total. The zero-order valence-electron chi connectivity index (χ0n) is 9.48. The predicted octanol–water partition coefficient (Wildman–Crippen LogP) is 1.93. The van der Waals surface area contributed by atoms with Gasteiger partial charge in [-0.3, -0.25) is 9.59 Å². The highest BCUT2D eigenvalue weighted by atomic mass is 79.9. The van der Waals surface area contributed by atoms with Crippen molar-refractivity contribution >= 4 is 33.8 Å². The van der Waals surface area contributed by atoms with E-state index in [1.807, 2.05) is 0 Å². The van der Waals surface area contributed by atoms with E-state index in [1.54, 1.807) is 23.1 Å². The highest BCUT2D eigenvalue weighted by molar-refractivity contribution is 9.06. The molecular weight excluding hydrogens is 300 g/mol. The molecule has 0 saturated carbocycles. The minimum absolute atomic E-state index is 0.105. The van der Waals surface area contributed by atoms with E-state index in [-0.39, 0.29) is 17.9 Å². The smallest absolute Gasteiger partial charge is 0.256 e. The third-order valence-electron chi connectivity index (χ3n) is 3.38. The summed E-state index contributed by atoms with van der Waals surface area (Å²) in [5.74, 6) is 0.318. The second-order valence-electron chi connectivity index (χ2n) is 4.43. The molecule has 1 aromatic carbocycles. The number of rotatable bonds is 1. The molecule has 2 aliphatic heterocycles. The minimum atomic E-state index is -0.335. The van der Waals surface area contributed by atoms with Gasteiger partial charge in [-0.15, -0.1) is 0 Å². The van der Waals surface area contributed by atoms with Crippen molar-refractivity contribution in [3.05, 3.63) is 23.8 Å². The first kappa shape index (κ1) is 11.5. The zero-order chi connectivity index (χ0) is 12.7. The van der Waals surface area contributed by atoms with Crippen molar-refractivity contribution in [2.75, 3.05) is 11.9 Å². The Bertz CT molecular complexity index is 532. The average Bonchev–Trinajstić information content (AvgIpc) is 2.84. The van der Waals surface area contributed by atoms with E-state index in [1.165, 1.54) is 0 Å². The van der Waals surface area contributed by atoms with E-state index < -0.39 is 0 Å². The maximum absolute atomic E-state index is 12.4. The summed E-state index contributed by atoms with van der Waals surface area (Å²) >= 11 is 2.88. The summed E-state index contributed by atoms with van der Waals surface area (Å²) in [4.78, 5) is 26.0. The first-order valence-electron chi connectivity index (χ1n) is 5.75. The molecule has 0 bridgehead atoms. The fraction of sp³-hybridized carbons (Fsp3) is 0.333. The largest absolute Gasteiger partial charge is 0.418 e. The molecule has 2 heterocycles. The van der Waals surface area contributed by atoms with Crippen molar-refractivity contribution in [2.24, 2.45) is 0 Å². The topological polar surface area (TPSA) is 58.6 Å². The van der Waals surface area contributed by atoms with Crippen LogP contribution in [0.1, 0.15) is 23.2 Å². The molecule has 1 atom stereocenters. The predicted molar refractivity (Wildman–Crippen MR) is 68.7 cm³/mol. The number of amides is 2. The van der Waals surface area contributed by atoms with Crippen LogP contribution in [0.2, 0.25) is 0 Å². The molecule has 0 spiro atoms. The van der Waals surface area contributed by atoms with Gasteiger partial charge in [0.25, 0.3) is 5.91 Å². The lowest BCUT2D eigenvalue weighted by atomic mass is 10.1. The van der Waals surface area contributed by atoms with Crippen LogP contribution >= 0.6 is 16.3 Å². The van der Waals surface area contributed by atoms with Crippen LogP contribution < -0.4 is 9.15 Å². The van der Waals surface area contributed by atoms with Crippen molar-refractivity contribution < 1.29 is 13.4 Å². The lowest BCUT2D eigenvalue weighted by Gasteiger charge is -2.19. The molecule has 94 valence electrons. The molecule has 0 radical (unpaired) electrons. The molecule has 18 heavy (non-hydrogen) atoms. The maximum Gasteiger partial charge on any atom is 0.256 e. The molecule has 6 heteroatoms. The van der Waals surface area contributed by atoms with Gasteiger partial charge in [-0.1, -0.05) is 0 Å². The van der Waals surface area contributed by atoms with E-state index in [0.717, 1.165) is 12.8 Å². The molecule has 1 N–H and O–H groups in total. The summed E-state index contributed by atoms with van der Waals surface area (Å²) in [6.07, 6.45) is 1.60. The van der Waals surface area contributed by atoms with Gasteiger partial charge in [0.15, 0.2) is 16.3 Å². The van der Waals surface area contributed by atoms with Gasteiger partial charge in [-0.2, -0.15) is 0 Å². The molecule has 1 saturated heterocycles. The van der Waals surface area contributed by atoms with Crippen molar-refractivity contribution in [1.82, 2.24) is 4.90 Å². The summed E-state index contributed by atoms with van der Waals surface area (Å²) in [6, 6.07) is 4.67. The fourth-order valence-corrected chi connectivity index (χ4v) is 2.71. The lowest BCUT2D eigenvalue weighted by molar-refractivity contribution is -0.119. The first-order chi connectivity index (χ1) is 8.70. The Morgan fingerprint density at radius 1 is 1.39 bits per heavy atom.